The van der Waals surface area contributed by atoms with Gasteiger partial charge in [-0.2, -0.15) is 5.10 Å². The van der Waals surface area contributed by atoms with E-state index < -0.39 is 0 Å². The minimum absolute atomic E-state index is 0.959. The highest BCUT2D eigenvalue weighted by molar-refractivity contribution is 5.85. The lowest BCUT2D eigenvalue weighted by atomic mass is 10.1. The molecule has 0 atom stereocenters. The molecule has 0 aromatic rings. The third kappa shape index (κ3) is 4.94. The van der Waals surface area contributed by atoms with Crippen molar-refractivity contribution in [3.05, 3.63) is 0 Å². The lowest BCUT2D eigenvalue weighted by molar-refractivity contribution is 0.302. The van der Waals surface area contributed by atoms with Crippen molar-refractivity contribution >= 4 is 5.71 Å². The van der Waals surface area contributed by atoms with Crippen LogP contribution in [0.2, 0.25) is 0 Å². The standard InChI is InChI=1S/C12H26N4/c1-4-16(5-2)11-8-13-14-12-6-9-15(3)10-7-12/h13H,4-11H2,1-3H3. The van der Waals surface area contributed by atoms with Gasteiger partial charge in [-0.05, 0) is 20.1 Å². The van der Waals surface area contributed by atoms with Gasteiger partial charge in [-0.15, -0.1) is 0 Å². The number of likely N-dealkylation sites (N-methyl/N-ethyl adjacent to an activating group) is 1. The lowest BCUT2D eigenvalue weighted by Gasteiger charge is -2.23. The summed E-state index contributed by atoms with van der Waals surface area (Å²) in [6.07, 6.45) is 2.24. The van der Waals surface area contributed by atoms with Crippen LogP contribution in [0.25, 0.3) is 0 Å². The van der Waals surface area contributed by atoms with Crippen LogP contribution in [0.15, 0.2) is 5.10 Å². The summed E-state index contributed by atoms with van der Waals surface area (Å²) in [4.78, 5) is 4.76. The zero-order valence-corrected chi connectivity index (χ0v) is 11.0. The molecular weight excluding hydrogens is 200 g/mol. The third-order valence-corrected chi connectivity index (χ3v) is 3.24. The van der Waals surface area contributed by atoms with Crippen LogP contribution in [-0.2, 0) is 0 Å². The second-order valence-corrected chi connectivity index (χ2v) is 4.42. The van der Waals surface area contributed by atoms with Crippen LogP contribution in [0.1, 0.15) is 26.7 Å². The molecule has 1 fully saturated rings. The molecule has 4 heteroatoms. The molecule has 1 aliphatic rings. The van der Waals surface area contributed by atoms with Gasteiger partial charge < -0.3 is 15.2 Å². The molecule has 1 heterocycles. The Morgan fingerprint density at radius 1 is 1.25 bits per heavy atom. The van der Waals surface area contributed by atoms with Crippen LogP contribution in [-0.4, -0.2) is 61.8 Å². The number of likely N-dealkylation sites (tertiary alicyclic amines) is 1. The molecule has 1 aliphatic heterocycles. The normalized spacial score (nSPS) is 17.9. The topological polar surface area (TPSA) is 30.9 Å². The molecule has 0 aromatic heterocycles. The molecule has 4 nitrogen and oxygen atoms in total. The minimum atomic E-state index is 0.959. The summed E-state index contributed by atoms with van der Waals surface area (Å²) in [5.41, 5.74) is 4.53. The van der Waals surface area contributed by atoms with Crippen molar-refractivity contribution in [3.63, 3.8) is 0 Å². The van der Waals surface area contributed by atoms with Crippen molar-refractivity contribution in [2.75, 3.05) is 46.3 Å². The van der Waals surface area contributed by atoms with E-state index in [0.29, 0.717) is 0 Å². The van der Waals surface area contributed by atoms with Gasteiger partial charge in [0.2, 0.25) is 0 Å². The monoisotopic (exact) mass is 226 g/mol. The van der Waals surface area contributed by atoms with E-state index in [1.54, 1.807) is 0 Å². The first kappa shape index (κ1) is 13.5. The smallest absolute Gasteiger partial charge is 0.0457 e. The summed E-state index contributed by atoms with van der Waals surface area (Å²) in [5.74, 6) is 0. The fourth-order valence-corrected chi connectivity index (χ4v) is 1.90. The number of nitrogens with zero attached hydrogens (tertiary/aromatic N) is 3. The first-order chi connectivity index (χ1) is 7.76. The second-order valence-electron chi connectivity index (χ2n) is 4.42. The fourth-order valence-electron chi connectivity index (χ4n) is 1.90. The van der Waals surface area contributed by atoms with Gasteiger partial charge in [-0.25, -0.2) is 0 Å². The summed E-state index contributed by atoms with van der Waals surface area (Å²) in [5, 5.41) is 4.47. The number of hydrazone groups is 1. The Bertz CT molecular complexity index is 201. The van der Waals surface area contributed by atoms with Crippen molar-refractivity contribution < 1.29 is 0 Å². The van der Waals surface area contributed by atoms with Crippen LogP contribution in [0.4, 0.5) is 0 Å². The number of rotatable bonds is 6. The average Bonchev–Trinajstić information content (AvgIpc) is 2.32. The summed E-state index contributed by atoms with van der Waals surface area (Å²) in [6, 6.07) is 0. The van der Waals surface area contributed by atoms with Gasteiger partial charge in [-0.3, -0.25) is 0 Å². The Balaban J connectivity index is 2.12. The third-order valence-electron chi connectivity index (χ3n) is 3.24. The molecule has 16 heavy (non-hydrogen) atoms. The van der Waals surface area contributed by atoms with E-state index in [0.717, 1.165) is 52.1 Å². The van der Waals surface area contributed by atoms with Crippen LogP contribution in [0, 0.1) is 0 Å². The molecule has 0 bridgehead atoms. The van der Waals surface area contributed by atoms with Crippen LogP contribution in [0.3, 0.4) is 0 Å². The summed E-state index contributed by atoms with van der Waals surface area (Å²) in [6.45, 7) is 11.0. The molecule has 0 unspecified atom stereocenters. The van der Waals surface area contributed by atoms with Gasteiger partial charge in [-0.1, -0.05) is 13.8 Å². The molecular formula is C12H26N4. The van der Waals surface area contributed by atoms with Gasteiger partial charge in [0.1, 0.15) is 0 Å². The van der Waals surface area contributed by atoms with E-state index in [4.69, 9.17) is 0 Å². The van der Waals surface area contributed by atoms with Crippen molar-refractivity contribution in [2.24, 2.45) is 5.10 Å². The van der Waals surface area contributed by atoms with Crippen molar-refractivity contribution in [1.29, 1.82) is 0 Å². The van der Waals surface area contributed by atoms with E-state index in [1.807, 2.05) is 0 Å². The fraction of sp³-hybridized carbons (Fsp3) is 0.917. The Morgan fingerprint density at radius 2 is 1.88 bits per heavy atom. The molecule has 94 valence electrons. The van der Waals surface area contributed by atoms with Crippen LogP contribution < -0.4 is 5.43 Å². The Hall–Kier alpha value is -0.610. The Morgan fingerprint density at radius 3 is 2.44 bits per heavy atom. The van der Waals surface area contributed by atoms with E-state index >= 15 is 0 Å². The molecule has 1 rings (SSSR count). The van der Waals surface area contributed by atoms with E-state index in [2.05, 4.69) is 41.2 Å². The SMILES string of the molecule is CCN(CC)CCNN=C1CCN(C)CC1. The first-order valence-electron chi connectivity index (χ1n) is 6.45. The Labute approximate surface area is 99.7 Å². The Kier molecular flexibility index (Phi) is 6.42. The van der Waals surface area contributed by atoms with Gasteiger partial charge in [0.15, 0.2) is 0 Å². The van der Waals surface area contributed by atoms with Crippen LogP contribution >= 0.6 is 0 Å². The molecule has 1 saturated heterocycles. The van der Waals surface area contributed by atoms with Gasteiger partial charge >= 0.3 is 0 Å². The molecule has 0 spiro atoms. The number of hydrogen-bond donors (Lipinski definition) is 1. The van der Waals surface area contributed by atoms with E-state index in [9.17, 15) is 0 Å². The molecule has 0 radical (unpaired) electrons. The van der Waals surface area contributed by atoms with Crippen molar-refractivity contribution in [1.82, 2.24) is 15.2 Å². The quantitative estimate of drug-likeness (QED) is 0.541. The maximum absolute atomic E-state index is 4.47. The minimum Gasteiger partial charge on any atom is -0.309 e. The highest BCUT2D eigenvalue weighted by Gasteiger charge is 2.10. The number of nitrogens with one attached hydrogen (secondary N) is 1. The van der Waals surface area contributed by atoms with E-state index in [-0.39, 0.29) is 0 Å². The highest BCUT2D eigenvalue weighted by Crippen LogP contribution is 2.03. The zero-order valence-electron chi connectivity index (χ0n) is 11.0. The molecule has 1 N–H and O–H groups in total. The molecule has 0 aromatic carbocycles. The van der Waals surface area contributed by atoms with Crippen LogP contribution in [0.5, 0.6) is 0 Å². The van der Waals surface area contributed by atoms with Crippen molar-refractivity contribution in [3.8, 4) is 0 Å². The predicted molar refractivity (Wildman–Crippen MR) is 70.0 cm³/mol. The van der Waals surface area contributed by atoms with Gasteiger partial charge in [0.05, 0.1) is 0 Å². The largest absolute Gasteiger partial charge is 0.309 e. The molecule has 0 saturated carbocycles. The first-order valence-corrected chi connectivity index (χ1v) is 6.45. The number of piperidine rings is 1. The maximum Gasteiger partial charge on any atom is 0.0457 e. The van der Waals surface area contributed by atoms with Crippen molar-refractivity contribution in [2.45, 2.75) is 26.7 Å². The summed E-state index contributed by atoms with van der Waals surface area (Å²) >= 11 is 0. The zero-order chi connectivity index (χ0) is 11.8. The van der Waals surface area contributed by atoms with E-state index in [1.165, 1.54) is 5.71 Å². The highest BCUT2D eigenvalue weighted by atomic mass is 15.3. The van der Waals surface area contributed by atoms with Gasteiger partial charge in [0, 0.05) is 44.7 Å². The lowest BCUT2D eigenvalue weighted by Crippen LogP contribution is -2.33. The molecule has 0 amide bonds. The second kappa shape index (κ2) is 7.63. The van der Waals surface area contributed by atoms with Gasteiger partial charge in [0.25, 0.3) is 0 Å². The maximum atomic E-state index is 4.47. The summed E-state index contributed by atoms with van der Waals surface area (Å²) in [7, 11) is 2.17. The summed E-state index contributed by atoms with van der Waals surface area (Å²) < 4.78 is 0. The average molecular weight is 226 g/mol. The number of hydrogen-bond acceptors (Lipinski definition) is 4. The molecule has 0 aliphatic carbocycles. The predicted octanol–water partition coefficient (Wildman–Crippen LogP) is 0.999.